The van der Waals surface area contributed by atoms with E-state index in [1.807, 2.05) is 31.2 Å². The van der Waals surface area contributed by atoms with E-state index in [1.165, 1.54) is 0 Å². The van der Waals surface area contributed by atoms with Gasteiger partial charge in [-0.2, -0.15) is 0 Å². The van der Waals surface area contributed by atoms with Gasteiger partial charge in [-0.3, -0.25) is 9.59 Å². The van der Waals surface area contributed by atoms with E-state index in [9.17, 15) is 9.59 Å². The average molecular weight is 316 g/mol. The van der Waals surface area contributed by atoms with E-state index in [2.05, 4.69) is 15.6 Å². The Hall–Kier alpha value is -2.70. The smallest absolute Gasteiger partial charge is 0.303 e. The zero-order valence-electron chi connectivity index (χ0n) is 13.0. The molecular formula is C16H20N4O3. The molecule has 0 saturated heterocycles. The summed E-state index contributed by atoms with van der Waals surface area (Å²) in [6.07, 6.45) is 3.88. The Morgan fingerprint density at radius 2 is 2.09 bits per heavy atom. The minimum Gasteiger partial charge on any atom is -0.481 e. The van der Waals surface area contributed by atoms with Crippen molar-refractivity contribution in [3.63, 3.8) is 0 Å². The zero-order valence-corrected chi connectivity index (χ0v) is 13.0. The van der Waals surface area contributed by atoms with Gasteiger partial charge in [-0.25, -0.2) is 4.68 Å². The predicted molar refractivity (Wildman–Crippen MR) is 84.5 cm³/mol. The third-order valence-corrected chi connectivity index (χ3v) is 3.35. The molecule has 1 amide bonds. The van der Waals surface area contributed by atoms with Crippen LogP contribution in [0.2, 0.25) is 0 Å². The fourth-order valence-electron chi connectivity index (χ4n) is 2.13. The fourth-order valence-corrected chi connectivity index (χ4v) is 2.13. The molecule has 2 N–H and O–H groups in total. The molecule has 0 atom stereocenters. The standard InChI is InChI=1S/C16H20N4O3/c1-12-6-5-7-13(10-12)20-11-14(18-19-20)16(23)17-9-4-2-3-8-15(21)22/h5-7,10-11H,2-4,8-9H2,1H3,(H,17,23)(H,21,22). The molecule has 1 aromatic heterocycles. The molecule has 23 heavy (non-hydrogen) atoms. The number of amides is 1. The lowest BCUT2D eigenvalue weighted by atomic mass is 10.2. The molecule has 0 bridgehead atoms. The quantitative estimate of drug-likeness (QED) is 0.726. The second kappa shape index (κ2) is 8.07. The Morgan fingerprint density at radius 3 is 2.83 bits per heavy atom. The Labute approximate surface area is 134 Å². The van der Waals surface area contributed by atoms with Crippen LogP contribution in [-0.2, 0) is 4.79 Å². The van der Waals surface area contributed by atoms with E-state index in [-0.39, 0.29) is 18.0 Å². The average Bonchev–Trinajstić information content (AvgIpc) is 3.00. The molecule has 0 saturated carbocycles. The normalized spacial score (nSPS) is 10.5. The van der Waals surface area contributed by atoms with E-state index in [4.69, 9.17) is 5.11 Å². The number of aryl methyl sites for hydroxylation is 1. The topological polar surface area (TPSA) is 97.1 Å². The first-order valence-corrected chi connectivity index (χ1v) is 7.55. The van der Waals surface area contributed by atoms with E-state index in [1.54, 1.807) is 10.9 Å². The highest BCUT2D eigenvalue weighted by atomic mass is 16.4. The maximum absolute atomic E-state index is 12.0. The van der Waals surface area contributed by atoms with Crippen LogP contribution in [0.1, 0.15) is 41.7 Å². The van der Waals surface area contributed by atoms with Gasteiger partial charge in [0.25, 0.3) is 5.91 Å². The minimum absolute atomic E-state index is 0.165. The number of aliphatic carboxylic acids is 1. The summed E-state index contributed by atoms with van der Waals surface area (Å²) in [7, 11) is 0. The van der Waals surface area contributed by atoms with Crippen molar-refractivity contribution in [1.29, 1.82) is 0 Å². The SMILES string of the molecule is Cc1cccc(-n2cc(C(=O)NCCCCCC(=O)O)nn2)c1. The second-order valence-corrected chi connectivity index (χ2v) is 5.35. The van der Waals surface area contributed by atoms with Gasteiger partial charge in [0.2, 0.25) is 0 Å². The third kappa shape index (κ3) is 5.21. The molecule has 7 heteroatoms. The van der Waals surface area contributed by atoms with Gasteiger partial charge in [0.05, 0.1) is 11.9 Å². The van der Waals surface area contributed by atoms with Crippen LogP contribution < -0.4 is 5.32 Å². The number of hydrogen-bond donors (Lipinski definition) is 2. The van der Waals surface area contributed by atoms with E-state index in [0.717, 1.165) is 24.1 Å². The lowest BCUT2D eigenvalue weighted by Crippen LogP contribution is -2.24. The highest BCUT2D eigenvalue weighted by molar-refractivity contribution is 5.91. The minimum atomic E-state index is -0.790. The van der Waals surface area contributed by atoms with Crippen LogP contribution in [0.3, 0.4) is 0 Å². The first kappa shape index (κ1) is 16.7. The molecule has 0 aliphatic heterocycles. The number of carbonyl (C=O) groups is 2. The summed E-state index contributed by atoms with van der Waals surface area (Å²) in [6, 6.07) is 7.76. The van der Waals surface area contributed by atoms with Crippen molar-refractivity contribution in [3.05, 3.63) is 41.7 Å². The number of nitrogens with one attached hydrogen (secondary N) is 1. The summed E-state index contributed by atoms with van der Waals surface area (Å²) in [6.45, 7) is 2.48. The number of unbranched alkanes of at least 4 members (excludes halogenated alkanes) is 2. The van der Waals surface area contributed by atoms with Crippen LogP contribution in [0, 0.1) is 6.92 Å². The van der Waals surface area contributed by atoms with E-state index in [0.29, 0.717) is 13.0 Å². The summed E-state index contributed by atoms with van der Waals surface area (Å²) in [5.41, 5.74) is 2.22. The summed E-state index contributed by atoms with van der Waals surface area (Å²) in [4.78, 5) is 22.4. The fraction of sp³-hybridized carbons (Fsp3) is 0.375. The third-order valence-electron chi connectivity index (χ3n) is 3.35. The molecule has 0 unspecified atom stereocenters. The van der Waals surface area contributed by atoms with Crippen LogP contribution in [0.15, 0.2) is 30.5 Å². The number of nitrogens with zero attached hydrogens (tertiary/aromatic N) is 3. The van der Waals surface area contributed by atoms with Gasteiger partial charge in [0.15, 0.2) is 5.69 Å². The Morgan fingerprint density at radius 1 is 1.26 bits per heavy atom. The largest absolute Gasteiger partial charge is 0.481 e. The maximum Gasteiger partial charge on any atom is 0.303 e. The lowest BCUT2D eigenvalue weighted by molar-refractivity contribution is -0.137. The summed E-state index contributed by atoms with van der Waals surface area (Å²) in [5.74, 6) is -1.07. The molecule has 1 heterocycles. The van der Waals surface area contributed by atoms with Crippen LogP contribution >= 0.6 is 0 Å². The molecule has 0 fully saturated rings. The van der Waals surface area contributed by atoms with Crippen molar-refractivity contribution in [2.24, 2.45) is 0 Å². The van der Waals surface area contributed by atoms with Crippen LogP contribution in [0.4, 0.5) is 0 Å². The Bertz CT molecular complexity index is 681. The van der Waals surface area contributed by atoms with Gasteiger partial charge < -0.3 is 10.4 Å². The van der Waals surface area contributed by atoms with Crippen molar-refractivity contribution in [2.45, 2.75) is 32.6 Å². The Balaban J connectivity index is 1.81. The van der Waals surface area contributed by atoms with Gasteiger partial charge in [0, 0.05) is 13.0 Å². The Kier molecular flexibility index (Phi) is 5.85. The van der Waals surface area contributed by atoms with Crippen molar-refractivity contribution in [1.82, 2.24) is 20.3 Å². The molecule has 1 aromatic carbocycles. The number of hydrogen-bond acceptors (Lipinski definition) is 4. The van der Waals surface area contributed by atoms with Crippen molar-refractivity contribution in [3.8, 4) is 5.69 Å². The van der Waals surface area contributed by atoms with Gasteiger partial charge in [0.1, 0.15) is 0 Å². The van der Waals surface area contributed by atoms with Gasteiger partial charge in [-0.05, 0) is 37.5 Å². The highest BCUT2D eigenvalue weighted by Crippen LogP contribution is 2.09. The molecular weight excluding hydrogens is 296 g/mol. The zero-order chi connectivity index (χ0) is 16.7. The molecule has 7 nitrogen and oxygen atoms in total. The first-order valence-electron chi connectivity index (χ1n) is 7.55. The van der Waals surface area contributed by atoms with Crippen molar-refractivity contribution < 1.29 is 14.7 Å². The maximum atomic E-state index is 12.0. The van der Waals surface area contributed by atoms with Crippen molar-refractivity contribution >= 4 is 11.9 Å². The second-order valence-electron chi connectivity index (χ2n) is 5.35. The number of aromatic nitrogens is 3. The van der Waals surface area contributed by atoms with Gasteiger partial charge in [-0.15, -0.1) is 5.10 Å². The molecule has 122 valence electrons. The first-order chi connectivity index (χ1) is 11.1. The number of rotatable bonds is 8. The number of carbonyl (C=O) groups excluding carboxylic acids is 1. The molecule has 0 aliphatic carbocycles. The lowest BCUT2D eigenvalue weighted by Gasteiger charge is -2.02. The predicted octanol–water partition coefficient (Wildman–Crippen LogP) is 1.95. The summed E-state index contributed by atoms with van der Waals surface area (Å²) < 4.78 is 1.56. The number of carboxylic acid groups (broad SMARTS) is 1. The van der Waals surface area contributed by atoms with Gasteiger partial charge >= 0.3 is 5.97 Å². The van der Waals surface area contributed by atoms with Gasteiger partial charge in [-0.1, -0.05) is 23.8 Å². The molecule has 2 rings (SSSR count). The van der Waals surface area contributed by atoms with Crippen LogP contribution in [0.5, 0.6) is 0 Å². The van der Waals surface area contributed by atoms with E-state index >= 15 is 0 Å². The molecule has 0 aliphatic rings. The molecule has 2 aromatic rings. The monoisotopic (exact) mass is 316 g/mol. The number of carboxylic acids is 1. The van der Waals surface area contributed by atoms with Crippen molar-refractivity contribution in [2.75, 3.05) is 6.54 Å². The molecule has 0 spiro atoms. The van der Waals surface area contributed by atoms with E-state index < -0.39 is 5.97 Å². The summed E-state index contributed by atoms with van der Waals surface area (Å²) >= 11 is 0. The number of benzene rings is 1. The van der Waals surface area contributed by atoms with Crippen LogP contribution in [-0.4, -0.2) is 38.5 Å². The van der Waals surface area contributed by atoms with Crippen LogP contribution in [0.25, 0.3) is 5.69 Å². The summed E-state index contributed by atoms with van der Waals surface area (Å²) in [5, 5.41) is 19.1. The highest BCUT2D eigenvalue weighted by Gasteiger charge is 2.11. The molecule has 0 radical (unpaired) electrons.